The normalized spacial score (nSPS) is 11.5. The van der Waals surface area contributed by atoms with E-state index in [0.29, 0.717) is 5.78 Å². The van der Waals surface area contributed by atoms with Crippen molar-refractivity contribution in [2.45, 2.75) is 290 Å². The van der Waals surface area contributed by atoms with E-state index < -0.39 is 0 Å². The van der Waals surface area contributed by atoms with Crippen LogP contribution in [0.15, 0.2) is 0 Å². The van der Waals surface area contributed by atoms with Gasteiger partial charge in [-0.15, -0.1) is 0 Å². The van der Waals surface area contributed by atoms with Crippen molar-refractivity contribution in [3.8, 4) is 0 Å². The van der Waals surface area contributed by atoms with Crippen molar-refractivity contribution in [3.63, 3.8) is 0 Å². The van der Waals surface area contributed by atoms with E-state index in [1.54, 1.807) is 0 Å². The molecule has 0 aliphatic rings. The van der Waals surface area contributed by atoms with E-state index in [1.165, 1.54) is 250 Å². The van der Waals surface area contributed by atoms with Crippen molar-refractivity contribution in [1.29, 1.82) is 0 Å². The first-order chi connectivity index (χ1) is 23.3. The Morgan fingerprint density at radius 3 is 0.489 bits per heavy atom. The first-order valence-corrected chi connectivity index (χ1v) is 22.8. The number of ketones is 1. The summed E-state index contributed by atoms with van der Waals surface area (Å²) in [5.74, 6) is 0.526. The summed E-state index contributed by atoms with van der Waals surface area (Å²) >= 11 is 0. The third-order valence-electron chi connectivity index (χ3n) is 10.9. The smallest absolute Gasteiger partial charge is 0.132 e. The summed E-state index contributed by atoms with van der Waals surface area (Å²) in [7, 11) is 0. The maximum absolute atomic E-state index is 12.1. The fraction of sp³-hybridized carbons (Fsp3) is 0.978. The second-order valence-electron chi connectivity index (χ2n) is 15.8. The minimum Gasteiger partial charge on any atom is -0.300 e. The zero-order valence-electron chi connectivity index (χ0n) is 33.3. The lowest BCUT2D eigenvalue weighted by atomic mass is 10.0. The fourth-order valence-electron chi connectivity index (χ4n) is 7.46. The van der Waals surface area contributed by atoms with Crippen molar-refractivity contribution in [2.75, 3.05) is 0 Å². The van der Waals surface area contributed by atoms with Crippen LogP contribution in [0.2, 0.25) is 0 Å². The van der Waals surface area contributed by atoms with Gasteiger partial charge in [0.1, 0.15) is 5.78 Å². The highest BCUT2D eigenvalue weighted by Crippen LogP contribution is 2.17. The Bertz CT molecular complexity index is 553. The summed E-state index contributed by atoms with van der Waals surface area (Å²) in [5, 5.41) is 0. The van der Waals surface area contributed by atoms with E-state index in [4.69, 9.17) is 0 Å². The lowest BCUT2D eigenvalue weighted by molar-refractivity contribution is -0.119. The molecule has 0 amide bonds. The second kappa shape index (κ2) is 43.7. The summed E-state index contributed by atoms with van der Waals surface area (Å²) < 4.78 is 0. The predicted molar refractivity (Wildman–Crippen MR) is 215 cm³/mol. The topological polar surface area (TPSA) is 17.1 Å². The molecule has 0 aliphatic heterocycles. The largest absolute Gasteiger partial charge is 0.300 e. The summed E-state index contributed by atoms with van der Waals surface area (Å²) in [4.78, 5) is 12.1. The van der Waals surface area contributed by atoms with Crippen LogP contribution in [0.3, 0.4) is 0 Å². The Kier molecular flexibility index (Phi) is 43.4. The molecule has 0 bridgehead atoms. The molecule has 0 aliphatic carbocycles. The van der Waals surface area contributed by atoms with E-state index in [-0.39, 0.29) is 0 Å². The zero-order chi connectivity index (χ0) is 34.0. The highest BCUT2D eigenvalue weighted by Gasteiger charge is 2.02. The number of rotatable bonds is 43. The molecule has 0 heterocycles. The summed E-state index contributed by atoms with van der Waals surface area (Å²) in [6.45, 7) is 4.59. The van der Waals surface area contributed by atoms with Gasteiger partial charge in [0.05, 0.1) is 0 Å². The van der Waals surface area contributed by atoms with Crippen LogP contribution in [-0.2, 0) is 4.79 Å². The Morgan fingerprint density at radius 2 is 0.340 bits per heavy atom. The molecule has 0 spiro atoms. The SMILES string of the molecule is CCCCCCCCCCCCCCCCCCCCCCCCCCCCCCCCCCC(=O)CCCCCCCCCCC. The van der Waals surface area contributed by atoms with Crippen molar-refractivity contribution in [3.05, 3.63) is 0 Å². The fourth-order valence-corrected chi connectivity index (χ4v) is 7.46. The third-order valence-corrected chi connectivity index (χ3v) is 10.9. The Morgan fingerprint density at radius 1 is 0.213 bits per heavy atom. The maximum Gasteiger partial charge on any atom is 0.132 e. The summed E-state index contributed by atoms with van der Waals surface area (Å²) in [5.41, 5.74) is 0. The molecule has 0 fully saturated rings. The first-order valence-electron chi connectivity index (χ1n) is 22.8. The highest BCUT2D eigenvalue weighted by atomic mass is 16.1. The molecule has 47 heavy (non-hydrogen) atoms. The maximum atomic E-state index is 12.1. The average Bonchev–Trinajstić information content (AvgIpc) is 3.08. The van der Waals surface area contributed by atoms with Gasteiger partial charge in [-0.05, 0) is 12.8 Å². The monoisotopic (exact) mass is 661 g/mol. The van der Waals surface area contributed by atoms with E-state index in [2.05, 4.69) is 13.8 Å². The molecule has 0 unspecified atom stereocenters. The molecule has 0 aromatic rings. The standard InChI is InChI=1S/C46H92O/c1-3-5-7-9-11-13-14-15-16-17-18-19-20-21-22-23-24-25-26-27-28-29-30-31-32-33-34-35-37-39-41-43-45-46(47)44-42-40-38-36-12-10-8-6-4-2/h3-45H2,1-2H3. The van der Waals surface area contributed by atoms with Gasteiger partial charge in [0.25, 0.3) is 0 Å². The number of Topliss-reactive ketones (excluding diaryl/α,β-unsaturated/α-hetero) is 1. The van der Waals surface area contributed by atoms with Crippen LogP contribution in [0, 0.1) is 0 Å². The highest BCUT2D eigenvalue weighted by molar-refractivity contribution is 5.78. The van der Waals surface area contributed by atoms with Crippen LogP contribution in [0.1, 0.15) is 290 Å². The van der Waals surface area contributed by atoms with Crippen molar-refractivity contribution in [2.24, 2.45) is 0 Å². The molecular weight excluding hydrogens is 569 g/mol. The quantitative estimate of drug-likeness (QED) is 0.0595. The van der Waals surface area contributed by atoms with Gasteiger partial charge in [0, 0.05) is 12.8 Å². The molecule has 282 valence electrons. The molecule has 0 atom stereocenters. The first kappa shape index (κ1) is 46.7. The number of unbranched alkanes of at least 4 members (excludes halogenated alkanes) is 39. The van der Waals surface area contributed by atoms with Gasteiger partial charge in [0.15, 0.2) is 0 Å². The Labute approximate surface area is 299 Å². The van der Waals surface area contributed by atoms with Crippen molar-refractivity contribution >= 4 is 5.78 Å². The Hall–Kier alpha value is -0.330. The molecule has 0 aromatic carbocycles. The molecule has 0 saturated heterocycles. The van der Waals surface area contributed by atoms with Gasteiger partial charge in [-0.1, -0.05) is 264 Å². The third kappa shape index (κ3) is 43.6. The molecule has 0 rings (SSSR count). The van der Waals surface area contributed by atoms with E-state index >= 15 is 0 Å². The number of hydrogen-bond donors (Lipinski definition) is 0. The van der Waals surface area contributed by atoms with Crippen molar-refractivity contribution in [1.82, 2.24) is 0 Å². The predicted octanol–water partition coefficient (Wildman–Crippen LogP) is 17.4. The zero-order valence-corrected chi connectivity index (χ0v) is 33.3. The van der Waals surface area contributed by atoms with Crippen LogP contribution in [0.4, 0.5) is 0 Å². The van der Waals surface area contributed by atoms with Crippen LogP contribution < -0.4 is 0 Å². The Balaban J connectivity index is 3.10. The molecule has 0 saturated carbocycles. The minimum absolute atomic E-state index is 0.526. The van der Waals surface area contributed by atoms with Crippen LogP contribution in [0.5, 0.6) is 0 Å². The van der Waals surface area contributed by atoms with Gasteiger partial charge in [-0.2, -0.15) is 0 Å². The molecule has 1 nitrogen and oxygen atoms in total. The van der Waals surface area contributed by atoms with Gasteiger partial charge < -0.3 is 0 Å². The minimum atomic E-state index is 0.526. The number of hydrogen-bond acceptors (Lipinski definition) is 1. The molecular formula is C46H92O. The van der Waals surface area contributed by atoms with Crippen LogP contribution >= 0.6 is 0 Å². The van der Waals surface area contributed by atoms with Gasteiger partial charge >= 0.3 is 0 Å². The molecule has 0 radical (unpaired) electrons. The van der Waals surface area contributed by atoms with Crippen LogP contribution in [0.25, 0.3) is 0 Å². The molecule has 0 aromatic heterocycles. The lowest BCUT2D eigenvalue weighted by Crippen LogP contribution is -1.97. The number of carbonyl (C=O) groups is 1. The van der Waals surface area contributed by atoms with E-state index in [0.717, 1.165) is 25.7 Å². The summed E-state index contributed by atoms with van der Waals surface area (Å²) in [6.07, 6.45) is 59.9. The van der Waals surface area contributed by atoms with E-state index in [9.17, 15) is 4.79 Å². The van der Waals surface area contributed by atoms with E-state index in [1.807, 2.05) is 0 Å². The molecule has 1 heteroatoms. The summed E-state index contributed by atoms with van der Waals surface area (Å²) in [6, 6.07) is 0. The van der Waals surface area contributed by atoms with Gasteiger partial charge in [0.2, 0.25) is 0 Å². The molecule has 0 N–H and O–H groups in total. The lowest BCUT2D eigenvalue weighted by Gasteiger charge is -2.05. The van der Waals surface area contributed by atoms with Crippen LogP contribution in [-0.4, -0.2) is 5.78 Å². The van der Waals surface area contributed by atoms with Gasteiger partial charge in [-0.25, -0.2) is 0 Å². The average molecular weight is 661 g/mol. The number of carbonyl (C=O) groups excluding carboxylic acids is 1. The van der Waals surface area contributed by atoms with Crippen molar-refractivity contribution < 1.29 is 4.79 Å². The van der Waals surface area contributed by atoms with Gasteiger partial charge in [-0.3, -0.25) is 4.79 Å². The second-order valence-corrected chi connectivity index (χ2v) is 15.8.